The van der Waals surface area contributed by atoms with Gasteiger partial charge in [-0.25, -0.2) is 14.4 Å². The number of rotatable bonds is 31. The van der Waals surface area contributed by atoms with Gasteiger partial charge in [0.25, 0.3) is 5.24 Å². The summed E-state index contributed by atoms with van der Waals surface area (Å²) in [4.78, 5) is 111. The zero-order valence-corrected chi connectivity index (χ0v) is 80.4. The minimum absolute atomic E-state index is 0.000000000000000444. The number of nitrogens with zero attached hydrogens (tertiary/aromatic N) is 18. The van der Waals surface area contributed by atoms with Crippen molar-refractivity contribution in [2.24, 2.45) is 0 Å². The summed E-state index contributed by atoms with van der Waals surface area (Å²) in [7, 11) is 2.47. The summed E-state index contributed by atoms with van der Waals surface area (Å²) in [5.74, 6) is -3.59. The van der Waals surface area contributed by atoms with Crippen LogP contribution in [0, 0.1) is 0 Å². The molecule has 3 aliphatic rings. The molecule has 8 N–H and O–H groups in total. The molecule has 16 rings (SSSR count). The molecule has 0 unspecified atom stereocenters. The maximum absolute atomic E-state index is 13.1. The van der Waals surface area contributed by atoms with Gasteiger partial charge in [0.15, 0.2) is 32.8 Å². The number of hydrogen-bond acceptors (Lipinski definition) is 36. The SMILES string of the molecule is Clc1nc(Cl)nc(Cl)n1.[2H]C([2H])(Oc1nc(Cl)nc(Cl)n1)C(F)(F)F.[2H]C([2H])(Oc1nc(Cl)nc(Nc2ccc(C(=O)OC)cc2)n1)C(F)(F)F.[2H]C([2H])(Oc1nc(Nc2ccc(C(=O)Cl)cc2)nc(NC2(c3ccc(Cl)cc3)CC2)n1)C(F)(F)F.[2H]C([2H])(Oc1nc(Nc2ccc(C(=O)O)cc2)nc(NC2(c3ccc(Cl)cc3)CC2)n1)C(F)(F)F.[2H]C([2H])(Oc1nc(Nc2ccc(C(=O)OC)cc2)nc(NC2(c3ccc(Cl)cc3)CC2)n1)C(F)(F)F. The van der Waals surface area contributed by atoms with Crippen LogP contribution in [0.2, 0.25) is 46.8 Å². The van der Waals surface area contributed by atoms with Crippen molar-refractivity contribution in [2.75, 3.05) is 84.2 Å². The van der Waals surface area contributed by atoms with Gasteiger partial charge < -0.3 is 75.5 Å². The molecule has 0 bridgehead atoms. The monoisotopic (exact) mass is 2270 g/mol. The van der Waals surface area contributed by atoms with Gasteiger partial charge in [0.2, 0.25) is 73.3 Å². The van der Waals surface area contributed by atoms with Gasteiger partial charge >= 0.3 is 78.8 Å². The fourth-order valence-electron chi connectivity index (χ4n) is 11.4. The highest BCUT2D eigenvalue weighted by Crippen LogP contribution is 2.51. The largest absolute Gasteiger partial charge is 0.478 e. The van der Waals surface area contributed by atoms with Gasteiger partial charge in [0.1, 0.15) is 0 Å². The third-order valence-corrected chi connectivity index (χ3v) is 20.2. The van der Waals surface area contributed by atoms with E-state index in [-0.39, 0.29) is 79.7 Å². The van der Waals surface area contributed by atoms with Crippen molar-refractivity contribution in [1.82, 2.24) is 89.7 Å². The number of esters is 2. The lowest BCUT2D eigenvalue weighted by atomic mass is 10.1. The van der Waals surface area contributed by atoms with Crippen LogP contribution < -0.4 is 60.9 Å². The number of aromatic nitrogens is 18. The smallest absolute Gasteiger partial charge is 0.422 e. The second kappa shape index (κ2) is 50.0. The van der Waals surface area contributed by atoms with E-state index in [1.54, 1.807) is 48.5 Å². The number of methoxy groups -OCH3 is 2. The van der Waals surface area contributed by atoms with Gasteiger partial charge in [-0.3, -0.25) is 4.79 Å². The molecule has 0 spiro atoms. The Morgan fingerprint density at radius 2 is 0.497 bits per heavy atom. The molecule has 0 aliphatic heterocycles. The van der Waals surface area contributed by atoms with Gasteiger partial charge in [-0.05, 0) is 270 Å². The number of alkyl halides is 15. The number of aromatic carboxylic acids is 1. The number of carbonyl (C=O) groups excluding carboxylic acids is 3. The molecule has 6 aromatic heterocycles. The van der Waals surface area contributed by atoms with Crippen LogP contribution in [0.25, 0.3) is 0 Å². The lowest BCUT2D eigenvalue weighted by Gasteiger charge is -2.19. The molecule has 62 heteroatoms. The summed E-state index contributed by atoms with van der Waals surface area (Å²) in [5.41, 5.74) is 3.12. The van der Waals surface area contributed by atoms with Crippen LogP contribution in [0.15, 0.2) is 170 Å². The topological polar surface area (TPSA) is 469 Å². The summed E-state index contributed by atoms with van der Waals surface area (Å²) >= 11 is 55.4. The molecular formula is C85H64Cl10F15N25O12. The molecule has 7 aromatic carbocycles. The van der Waals surface area contributed by atoms with Crippen LogP contribution in [0.5, 0.6) is 30.1 Å². The average Bonchev–Trinajstić information content (AvgIpc) is 1.62. The van der Waals surface area contributed by atoms with Crippen molar-refractivity contribution in [3.05, 3.63) is 256 Å². The quantitative estimate of drug-likeness (QED) is 0.0114. The Bertz CT molecular complexity index is 6980. The Labute approximate surface area is 881 Å². The molecule has 13 aromatic rings. The first kappa shape index (κ1) is 99.1. The van der Waals surface area contributed by atoms with E-state index in [0.29, 0.717) is 76.3 Å². The lowest BCUT2D eigenvalue weighted by molar-refractivity contribution is -0.155. The maximum atomic E-state index is 13.1. The van der Waals surface area contributed by atoms with Crippen LogP contribution in [0.3, 0.4) is 0 Å². The van der Waals surface area contributed by atoms with Crippen molar-refractivity contribution in [2.45, 2.75) is 86.0 Å². The number of benzene rings is 7. The fourth-order valence-corrected chi connectivity index (χ4v) is 13.1. The Morgan fingerprint density at radius 1 is 0.293 bits per heavy atom. The number of carboxylic acids is 1. The molecule has 776 valence electrons. The van der Waals surface area contributed by atoms with Gasteiger partial charge in [0, 0.05) is 43.4 Å². The third-order valence-electron chi connectivity index (χ3n) is 18.2. The summed E-state index contributed by atoms with van der Waals surface area (Å²) in [6, 6.07) is 39.5. The molecule has 3 fully saturated rings. The first-order chi connectivity index (χ1) is 72.9. The van der Waals surface area contributed by atoms with Crippen LogP contribution in [-0.2, 0) is 26.1 Å². The van der Waals surface area contributed by atoms with E-state index in [1.165, 1.54) is 111 Å². The number of carboxylic acid groups (broad SMARTS) is 1. The number of carbonyl (C=O) groups is 4. The lowest BCUT2D eigenvalue weighted by Crippen LogP contribution is -2.23. The number of ether oxygens (including phenoxy) is 7. The molecule has 6 heterocycles. The highest BCUT2D eigenvalue weighted by atomic mass is 35.5. The zero-order chi connectivity index (χ0) is 116. The van der Waals surface area contributed by atoms with Crippen molar-refractivity contribution in [3.63, 3.8) is 0 Å². The van der Waals surface area contributed by atoms with Crippen LogP contribution >= 0.6 is 116 Å². The van der Waals surface area contributed by atoms with Gasteiger partial charge in [-0.1, -0.05) is 71.2 Å². The number of nitrogens with one attached hydrogen (secondary N) is 7. The molecule has 0 atom stereocenters. The van der Waals surface area contributed by atoms with Crippen molar-refractivity contribution in [3.8, 4) is 30.1 Å². The summed E-state index contributed by atoms with van der Waals surface area (Å²) < 4.78 is 292. The normalized spacial score (nSPS) is 14.8. The van der Waals surface area contributed by atoms with Crippen LogP contribution in [-0.4, -0.2) is 196 Å². The summed E-state index contributed by atoms with van der Waals surface area (Å²) in [6.45, 7) is -20.1. The fraction of sp³-hybridized carbons (Fsp3) is 0.247. The molecule has 0 radical (unpaired) electrons. The van der Waals surface area contributed by atoms with Crippen molar-refractivity contribution < 1.29 is 137 Å². The standard InChI is InChI=1S/C22H19ClF3N5O3.C21H16Cl2F3N5O2.C21H17ClF3N5O3.C13H10ClF3N4O3.C5H2Cl2F3N3O.C3Cl3N3/c1-33-17(32)13-2-8-16(9-3-13)27-18-28-19(30-20(29-18)34-12-22(24,25)26)31-21(10-11-21)14-4-6-15(23)7-5-14;22-14-5-3-13(4-6-14)20(9-10-20)31-18-28-17(29-19(30-18)33-11-21(24,25)26)27-15-7-1-12(2-8-15)16(23)32;22-14-5-3-13(4-6-14)20(9-10-20)30-18-27-17(28-19(29-18)33-11-21(23,24)25)26-15-7-1-12(2-8-15)16(31)32;1-23-9(22)7-2-4-8(5-3-7)18-11-19-10(14)20-12(21-11)24-6-13(15,16)17;6-2-11-3(7)13-4(12-2)14-1-5(8,9)10;4-1-7-2(5)9-3(6)8-1/h2-9H,10-12H2,1H3,(H2,27,28,29,30,31);1-8H,9-11H2,(H2,27,28,29,30,31);1-8H,9-11H2,(H,31,32)(H2,26,27,28,29,30);2-5H,6H2,1H3,(H,18,19,20,21);1H2;/i12D2;2*11D2;6D2;1D2;. The number of halogens is 25. The van der Waals surface area contributed by atoms with Crippen molar-refractivity contribution in [1.29, 1.82) is 0 Å². The second-order valence-electron chi connectivity index (χ2n) is 28.8. The van der Waals surface area contributed by atoms with E-state index < -0.39 is 149 Å². The minimum Gasteiger partial charge on any atom is -0.478 e. The first-order valence-corrected chi connectivity index (χ1v) is 43.7. The zero-order valence-electron chi connectivity index (χ0n) is 82.8. The summed E-state index contributed by atoms with van der Waals surface area (Å²) in [6.07, 6.45) is -22.4. The van der Waals surface area contributed by atoms with E-state index in [4.69, 9.17) is 135 Å². The van der Waals surface area contributed by atoms with Crippen LogP contribution in [0.1, 0.15) is 110 Å². The molecule has 0 saturated heterocycles. The first-order valence-electron chi connectivity index (χ1n) is 45.0. The van der Waals surface area contributed by atoms with E-state index in [9.17, 15) is 85.0 Å². The Morgan fingerprint density at radius 3 is 0.721 bits per heavy atom. The van der Waals surface area contributed by atoms with Gasteiger partial charge in [-0.2, -0.15) is 156 Å². The number of hydrogen-bond donors (Lipinski definition) is 8. The highest BCUT2D eigenvalue weighted by molar-refractivity contribution is 6.67. The van der Waals surface area contributed by atoms with E-state index >= 15 is 0 Å². The van der Waals surface area contributed by atoms with E-state index in [2.05, 4.69) is 160 Å². The Kier molecular flexibility index (Phi) is 33.7. The predicted molar refractivity (Wildman–Crippen MR) is 503 cm³/mol. The summed E-state index contributed by atoms with van der Waals surface area (Å²) in [5, 5.41) is 28.6. The average molecular weight is 2280 g/mol. The minimum atomic E-state index is -5.34. The third kappa shape index (κ3) is 38.2. The van der Waals surface area contributed by atoms with E-state index in [1.807, 2.05) is 24.3 Å². The molecule has 3 saturated carbocycles. The maximum Gasteiger partial charge on any atom is 0.422 e. The molecule has 0 amide bonds. The Balaban J connectivity index is 0.000000184. The molecule has 3 aliphatic carbocycles. The molecule has 37 nitrogen and oxygen atoms in total. The van der Waals surface area contributed by atoms with Gasteiger partial charge in [0.05, 0.1) is 61.2 Å². The second-order valence-corrected chi connectivity index (χ2v) is 32.5. The van der Waals surface area contributed by atoms with E-state index in [0.717, 1.165) is 16.7 Å². The van der Waals surface area contributed by atoms with Crippen LogP contribution in [0.4, 0.5) is 130 Å². The molecular weight excluding hydrogens is 2200 g/mol. The number of anilines is 11. The predicted octanol–water partition coefficient (Wildman–Crippen LogP) is 22.7. The highest BCUT2D eigenvalue weighted by Gasteiger charge is 2.48. The molecule has 147 heavy (non-hydrogen) atoms. The van der Waals surface area contributed by atoms with Crippen molar-refractivity contribution >= 4 is 204 Å². The van der Waals surface area contributed by atoms with Gasteiger partial charge in [-0.15, -0.1) is 0 Å². The Hall–Kier alpha value is -13.9.